The Balaban J connectivity index is 1.53. The van der Waals surface area contributed by atoms with Gasteiger partial charge in [-0.05, 0) is 74.8 Å². The molecule has 0 aromatic heterocycles. The number of aliphatic imine (C=N–C) groups is 1. The lowest BCUT2D eigenvalue weighted by atomic mass is 9.97. The van der Waals surface area contributed by atoms with Crippen LogP contribution in [0.4, 0.5) is 0 Å². The number of benzene rings is 1. The molecule has 0 radical (unpaired) electrons. The molecule has 0 aliphatic carbocycles. The number of rotatable bonds is 9. The Bertz CT molecular complexity index is 669. The van der Waals surface area contributed by atoms with Crippen molar-refractivity contribution in [2.24, 2.45) is 16.8 Å². The lowest BCUT2D eigenvalue weighted by Crippen LogP contribution is -2.46. The minimum atomic E-state index is 0.350. The maximum Gasteiger partial charge on any atom is 0.191 e. The highest BCUT2D eigenvalue weighted by molar-refractivity contribution is 5.79. The first-order valence-corrected chi connectivity index (χ1v) is 12.1. The van der Waals surface area contributed by atoms with Crippen LogP contribution in [0.2, 0.25) is 0 Å². The summed E-state index contributed by atoms with van der Waals surface area (Å²) >= 11 is 0. The van der Waals surface area contributed by atoms with Crippen LogP contribution in [0.1, 0.15) is 51.1 Å². The molecule has 2 heterocycles. The largest absolute Gasteiger partial charge is 0.497 e. The molecule has 0 amide bonds. The summed E-state index contributed by atoms with van der Waals surface area (Å²) in [6.07, 6.45) is 5.18. The predicted molar refractivity (Wildman–Crippen MR) is 130 cm³/mol. The van der Waals surface area contributed by atoms with Crippen LogP contribution >= 0.6 is 0 Å². The van der Waals surface area contributed by atoms with Gasteiger partial charge in [0.15, 0.2) is 5.96 Å². The molecule has 2 unspecified atom stereocenters. The van der Waals surface area contributed by atoms with E-state index in [4.69, 9.17) is 4.74 Å². The zero-order valence-electron chi connectivity index (χ0n) is 20.1. The lowest BCUT2D eigenvalue weighted by molar-refractivity contribution is 0.159. The average molecular weight is 430 g/mol. The average Bonchev–Trinajstić information content (AvgIpc) is 3.31. The highest BCUT2D eigenvalue weighted by atomic mass is 16.5. The Hall–Kier alpha value is -1.79. The summed E-state index contributed by atoms with van der Waals surface area (Å²) in [5.74, 6) is 3.26. The second kappa shape index (κ2) is 12.3. The van der Waals surface area contributed by atoms with Crippen molar-refractivity contribution in [1.29, 1.82) is 0 Å². The monoisotopic (exact) mass is 429 g/mol. The number of likely N-dealkylation sites (tertiary alicyclic amines) is 2. The van der Waals surface area contributed by atoms with Crippen molar-refractivity contribution < 1.29 is 4.74 Å². The van der Waals surface area contributed by atoms with Crippen molar-refractivity contribution in [3.63, 3.8) is 0 Å². The van der Waals surface area contributed by atoms with E-state index in [9.17, 15) is 0 Å². The zero-order valence-corrected chi connectivity index (χ0v) is 20.1. The van der Waals surface area contributed by atoms with E-state index in [0.717, 1.165) is 43.8 Å². The second-order valence-electron chi connectivity index (χ2n) is 9.53. The third-order valence-corrected chi connectivity index (χ3v) is 6.55. The van der Waals surface area contributed by atoms with Gasteiger partial charge in [-0.3, -0.25) is 9.89 Å². The molecule has 0 spiro atoms. The van der Waals surface area contributed by atoms with Crippen molar-refractivity contribution in [3.05, 3.63) is 29.8 Å². The smallest absolute Gasteiger partial charge is 0.191 e. The molecule has 174 valence electrons. The van der Waals surface area contributed by atoms with Crippen LogP contribution < -0.4 is 15.4 Å². The molecular weight excluding hydrogens is 386 g/mol. The van der Waals surface area contributed by atoms with E-state index in [1.165, 1.54) is 50.9 Å². The van der Waals surface area contributed by atoms with Gasteiger partial charge < -0.3 is 20.3 Å². The van der Waals surface area contributed by atoms with Gasteiger partial charge in [0.2, 0.25) is 0 Å². The summed E-state index contributed by atoms with van der Waals surface area (Å²) < 4.78 is 5.35. The number of nitrogens with zero attached hydrogens (tertiary/aromatic N) is 3. The van der Waals surface area contributed by atoms with Gasteiger partial charge in [0, 0.05) is 33.2 Å². The van der Waals surface area contributed by atoms with Crippen LogP contribution in [0.5, 0.6) is 5.75 Å². The van der Waals surface area contributed by atoms with Crippen molar-refractivity contribution >= 4 is 5.96 Å². The second-order valence-corrected chi connectivity index (χ2v) is 9.53. The van der Waals surface area contributed by atoms with E-state index in [2.05, 4.69) is 63.5 Å². The third kappa shape index (κ3) is 7.39. The molecule has 3 rings (SSSR count). The van der Waals surface area contributed by atoms with Gasteiger partial charge >= 0.3 is 0 Å². The zero-order chi connectivity index (χ0) is 22.1. The molecule has 2 aliphatic rings. The minimum Gasteiger partial charge on any atom is -0.497 e. The standard InChI is InChI=1S/C25H43N5O/c1-20(2)18-29-13-7-8-21(19-29)16-27-25(26-3)28-17-24(30-14-5-6-15-30)22-9-11-23(31-4)12-10-22/h9-12,20-21,24H,5-8,13-19H2,1-4H3,(H2,26,27,28). The number of hydrogen-bond acceptors (Lipinski definition) is 4. The Morgan fingerprint density at radius 2 is 1.84 bits per heavy atom. The van der Waals surface area contributed by atoms with Crippen molar-refractivity contribution in [3.8, 4) is 5.75 Å². The van der Waals surface area contributed by atoms with Crippen molar-refractivity contribution in [1.82, 2.24) is 20.4 Å². The van der Waals surface area contributed by atoms with Gasteiger partial charge in [-0.1, -0.05) is 26.0 Å². The Morgan fingerprint density at radius 1 is 1.10 bits per heavy atom. The topological polar surface area (TPSA) is 52.1 Å². The van der Waals surface area contributed by atoms with Crippen LogP contribution in [-0.2, 0) is 0 Å². The Kier molecular flexibility index (Phi) is 9.47. The summed E-state index contributed by atoms with van der Waals surface area (Å²) in [7, 11) is 3.60. The molecule has 1 aromatic carbocycles. The molecule has 6 heteroatoms. The van der Waals surface area contributed by atoms with Gasteiger partial charge in [0.05, 0.1) is 13.2 Å². The van der Waals surface area contributed by atoms with Gasteiger partial charge in [0.25, 0.3) is 0 Å². The summed E-state index contributed by atoms with van der Waals surface area (Å²) in [5.41, 5.74) is 1.34. The Morgan fingerprint density at radius 3 is 2.48 bits per heavy atom. The summed E-state index contributed by atoms with van der Waals surface area (Å²) in [4.78, 5) is 9.72. The molecule has 2 aliphatic heterocycles. The number of guanidine groups is 1. The molecule has 2 fully saturated rings. The number of hydrogen-bond donors (Lipinski definition) is 2. The predicted octanol–water partition coefficient (Wildman–Crippen LogP) is 3.37. The summed E-state index contributed by atoms with van der Waals surface area (Å²) in [6, 6.07) is 8.88. The highest BCUT2D eigenvalue weighted by Crippen LogP contribution is 2.26. The third-order valence-electron chi connectivity index (χ3n) is 6.55. The molecule has 0 bridgehead atoms. The van der Waals surface area contributed by atoms with Gasteiger partial charge in [-0.15, -0.1) is 0 Å². The maximum atomic E-state index is 5.35. The van der Waals surface area contributed by atoms with Crippen LogP contribution in [0.25, 0.3) is 0 Å². The summed E-state index contributed by atoms with van der Waals surface area (Å²) in [5, 5.41) is 7.21. The normalized spacial score (nSPS) is 22.0. The number of nitrogens with one attached hydrogen (secondary N) is 2. The molecule has 6 nitrogen and oxygen atoms in total. The maximum absolute atomic E-state index is 5.35. The lowest BCUT2D eigenvalue weighted by Gasteiger charge is -2.34. The van der Waals surface area contributed by atoms with E-state index in [1.807, 2.05) is 7.05 Å². The first-order valence-electron chi connectivity index (χ1n) is 12.1. The molecule has 0 saturated carbocycles. The molecule has 31 heavy (non-hydrogen) atoms. The quantitative estimate of drug-likeness (QED) is 0.466. The minimum absolute atomic E-state index is 0.350. The molecule has 2 N–H and O–H groups in total. The van der Waals surface area contributed by atoms with Gasteiger partial charge in [-0.2, -0.15) is 0 Å². The fourth-order valence-electron chi connectivity index (χ4n) is 4.99. The molecule has 2 atom stereocenters. The van der Waals surface area contributed by atoms with Gasteiger partial charge in [-0.25, -0.2) is 0 Å². The van der Waals surface area contributed by atoms with E-state index < -0.39 is 0 Å². The van der Waals surface area contributed by atoms with Crippen LogP contribution in [0.3, 0.4) is 0 Å². The molecular formula is C25H43N5O. The first-order chi connectivity index (χ1) is 15.1. The van der Waals surface area contributed by atoms with E-state index in [0.29, 0.717) is 12.0 Å². The fourth-order valence-corrected chi connectivity index (χ4v) is 4.99. The van der Waals surface area contributed by atoms with Crippen molar-refractivity contribution in [2.75, 3.05) is 60.0 Å². The van der Waals surface area contributed by atoms with Crippen LogP contribution in [-0.4, -0.2) is 75.7 Å². The van der Waals surface area contributed by atoms with E-state index in [1.54, 1.807) is 7.11 Å². The van der Waals surface area contributed by atoms with Crippen LogP contribution in [0, 0.1) is 11.8 Å². The Labute approximate surface area is 189 Å². The van der Waals surface area contributed by atoms with Crippen LogP contribution in [0.15, 0.2) is 29.3 Å². The van der Waals surface area contributed by atoms with E-state index in [-0.39, 0.29) is 0 Å². The number of piperidine rings is 1. The first kappa shape index (κ1) is 23.9. The molecule has 2 saturated heterocycles. The van der Waals surface area contributed by atoms with Crippen molar-refractivity contribution in [2.45, 2.75) is 45.6 Å². The molecule has 1 aromatic rings. The summed E-state index contributed by atoms with van der Waals surface area (Å²) in [6.45, 7) is 12.5. The van der Waals surface area contributed by atoms with Gasteiger partial charge in [0.1, 0.15) is 5.75 Å². The highest BCUT2D eigenvalue weighted by Gasteiger charge is 2.24. The van der Waals surface area contributed by atoms with E-state index >= 15 is 0 Å². The fraction of sp³-hybridized carbons (Fsp3) is 0.720. The SMILES string of the molecule is CN=C(NCC1CCCN(CC(C)C)C1)NCC(c1ccc(OC)cc1)N1CCCC1. The number of methoxy groups -OCH3 is 1. The number of ether oxygens (including phenoxy) is 1.